The SMILES string of the molecule is C(#Cc1ccc(-c2ncc[nH]2)cc1)c1ccccc1. The number of nitrogens with one attached hydrogen (secondary N) is 1. The molecule has 0 atom stereocenters. The van der Waals surface area contributed by atoms with Crippen LogP contribution in [-0.4, -0.2) is 9.97 Å². The Hall–Kier alpha value is -2.79. The number of nitrogens with zero attached hydrogens (tertiary/aromatic N) is 1. The van der Waals surface area contributed by atoms with Gasteiger partial charge >= 0.3 is 0 Å². The molecule has 0 spiro atoms. The number of hydrogen-bond donors (Lipinski definition) is 1. The molecule has 0 radical (unpaired) electrons. The lowest BCUT2D eigenvalue weighted by molar-refractivity contribution is 1.31. The zero-order valence-electron chi connectivity index (χ0n) is 10.3. The molecule has 19 heavy (non-hydrogen) atoms. The van der Waals surface area contributed by atoms with E-state index < -0.39 is 0 Å². The van der Waals surface area contributed by atoms with Crippen LogP contribution in [0, 0.1) is 11.8 Å². The quantitative estimate of drug-likeness (QED) is 0.652. The van der Waals surface area contributed by atoms with Crippen molar-refractivity contribution >= 4 is 0 Å². The molecule has 0 aliphatic carbocycles. The fourth-order valence-corrected chi connectivity index (χ4v) is 1.80. The van der Waals surface area contributed by atoms with Crippen LogP contribution >= 0.6 is 0 Å². The largest absolute Gasteiger partial charge is 0.345 e. The highest BCUT2D eigenvalue weighted by Gasteiger charge is 1.98. The maximum Gasteiger partial charge on any atom is 0.137 e. The van der Waals surface area contributed by atoms with Crippen molar-refractivity contribution in [3.05, 3.63) is 78.1 Å². The molecule has 2 aromatic carbocycles. The zero-order valence-corrected chi connectivity index (χ0v) is 10.3. The lowest BCUT2D eigenvalue weighted by Crippen LogP contribution is -1.81. The van der Waals surface area contributed by atoms with Gasteiger partial charge in [-0.05, 0) is 24.3 Å². The molecular formula is C17H12N2. The molecule has 0 saturated carbocycles. The van der Waals surface area contributed by atoms with Gasteiger partial charge in [0.25, 0.3) is 0 Å². The monoisotopic (exact) mass is 244 g/mol. The Kier molecular flexibility index (Phi) is 3.12. The van der Waals surface area contributed by atoms with E-state index in [1.807, 2.05) is 60.8 Å². The minimum Gasteiger partial charge on any atom is -0.345 e. The van der Waals surface area contributed by atoms with E-state index in [-0.39, 0.29) is 0 Å². The summed E-state index contributed by atoms with van der Waals surface area (Å²) in [5.41, 5.74) is 3.09. The Bertz CT molecular complexity index is 699. The van der Waals surface area contributed by atoms with Crippen LogP contribution in [0.1, 0.15) is 11.1 Å². The molecule has 1 aromatic heterocycles. The van der Waals surface area contributed by atoms with E-state index in [1.54, 1.807) is 6.20 Å². The van der Waals surface area contributed by atoms with Crippen molar-refractivity contribution in [1.82, 2.24) is 9.97 Å². The summed E-state index contributed by atoms with van der Waals surface area (Å²) in [7, 11) is 0. The summed E-state index contributed by atoms with van der Waals surface area (Å²) < 4.78 is 0. The van der Waals surface area contributed by atoms with E-state index in [1.165, 1.54) is 0 Å². The fraction of sp³-hybridized carbons (Fsp3) is 0. The second-order valence-electron chi connectivity index (χ2n) is 4.13. The average Bonchev–Trinajstić information content (AvgIpc) is 3.01. The van der Waals surface area contributed by atoms with Gasteiger partial charge in [0.05, 0.1) is 0 Å². The summed E-state index contributed by atoms with van der Waals surface area (Å²) in [5, 5.41) is 0. The van der Waals surface area contributed by atoms with Crippen molar-refractivity contribution in [2.24, 2.45) is 0 Å². The van der Waals surface area contributed by atoms with E-state index in [9.17, 15) is 0 Å². The molecule has 2 nitrogen and oxygen atoms in total. The predicted octanol–water partition coefficient (Wildman–Crippen LogP) is 3.48. The van der Waals surface area contributed by atoms with E-state index in [0.717, 1.165) is 22.5 Å². The molecule has 0 saturated heterocycles. The topological polar surface area (TPSA) is 28.7 Å². The van der Waals surface area contributed by atoms with Gasteiger partial charge in [-0.25, -0.2) is 4.98 Å². The minimum atomic E-state index is 0.877. The van der Waals surface area contributed by atoms with Crippen molar-refractivity contribution in [2.75, 3.05) is 0 Å². The van der Waals surface area contributed by atoms with Gasteiger partial charge in [-0.1, -0.05) is 42.2 Å². The standard InChI is InChI=1S/C17H12N2/c1-2-4-14(5-3-1)6-7-15-8-10-16(11-9-15)17-18-12-13-19-17/h1-5,8-13H,(H,18,19). The first kappa shape index (κ1) is 11.3. The normalized spacial score (nSPS) is 9.68. The van der Waals surface area contributed by atoms with Crippen LogP contribution in [0.15, 0.2) is 67.0 Å². The Morgan fingerprint density at radius 1 is 0.789 bits per heavy atom. The number of hydrogen-bond acceptors (Lipinski definition) is 1. The van der Waals surface area contributed by atoms with E-state index >= 15 is 0 Å². The predicted molar refractivity (Wildman–Crippen MR) is 76.4 cm³/mol. The summed E-state index contributed by atoms with van der Waals surface area (Å²) in [5.74, 6) is 7.17. The highest BCUT2D eigenvalue weighted by Crippen LogP contribution is 2.14. The van der Waals surface area contributed by atoms with Crippen molar-refractivity contribution in [3.63, 3.8) is 0 Å². The maximum atomic E-state index is 4.22. The third kappa shape index (κ3) is 2.72. The van der Waals surface area contributed by atoms with Crippen molar-refractivity contribution < 1.29 is 0 Å². The molecule has 0 amide bonds. The van der Waals surface area contributed by atoms with E-state index in [4.69, 9.17) is 0 Å². The highest BCUT2D eigenvalue weighted by molar-refractivity contribution is 5.57. The van der Waals surface area contributed by atoms with Crippen LogP contribution in [0.4, 0.5) is 0 Å². The van der Waals surface area contributed by atoms with Crippen molar-refractivity contribution in [1.29, 1.82) is 0 Å². The van der Waals surface area contributed by atoms with Gasteiger partial charge < -0.3 is 4.98 Å². The van der Waals surface area contributed by atoms with Gasteiger partial charge in [0.15, 0.2) is 0 Å². The number of benzene rings is 2. The van der Waals surface area contributed by atoms with Gasteiger partial charge in [0, 0.05) is 29.1 Å². The Labute approximate surface area is 112 Å². The van der Waals surface area contributed by atoms with Gasteiger partial charge in [0.2, 0.25) is 0 Å². The molecule has 0 unspecified atom stereocenters. The summed E-state index contributed by atoms with van der Waals surface area (Å²) in [6, 6.07) is 18.0. The van der Waals surface area contributed by atoms with Crippen LogP contribution in [0.3, 0.4) is 0 Å². The Morgan fingerprint density at radius 2 is 1.47 bits per heavy atom. The number of rotatable bonds is 1. The highest BCUT2D eigenvalue weighted by atomic mass is 14.9. The van der Waals surface area contributed by atoms with Crippen LogP contribution < -0.4 is 0 Å². The lowest BCUT2D eigenvalue weighted by atomic mass is 10.1. The van der Waals surface area contributed by atoms with Gasteiger partial charge in [-0.2, -0.15) is 0 Å². The molecule has 3 rings (SSSR count). The second kappa shape index (κ2) is 5.24. The number of H-pyrrole nitrogens is 1. The third-order valence-electron chi connectivity index (χ3n) is 2.78. The summed E-state index contributed by atoms with van der Waals surface area (Å²) in [6.07, 6.45) is 3.57. The molecule has 3 aromatic rings. The van der Waals surface area contributed by atoms with Crippen LogP contribution in [0.2, 0.25) is 0 Å². The number of aromatic amines is 1. The minimum absolute atomic E-state index is 0.877. The summed E-state index contributed by atoms with van der Waals surface area (Å²) >= 11 is 0. The molecule has 1 N–H and O–H groups in total. The molecule has 0 bridgehead atoms. The molecule has 90 valence electrons. The molecule has 0 aliphatic heterocycles. The average molecular weight is 244 g/mol. The smallest absolute Gasteiger partial charge is 0.137 e. The van der Waals surface area contributed by atoms with Crippen molar-refractivity contribution in [3.8, 4) is 23.2 Å². The first-order valence-electron chi connectivity index (χ1n) is 6.09. The van der Waals surface area contributed by atoms with Crippen LogP contribution in [0.5, 0.6) is 0 Å². The van der Waals surface area contributed by atoms with Crippen LogP contribution in [0.25, 0.3) is 11.4 Å². The molecule has 0 fully saturated rings. The van der Waals surface area contributed by atoms with Gasteiger partial charge in [0.1, 0.15) is 5.82 Å². The first-order valence-corrected chi connectivity index (χ1v) is 6.09. The molecular weight excluding hydrogens is 232 g/mol. The van der Waals surface area contributed by atoms with Gasteiger partial charge in [-0.3, -0.25) is 0 Å². The number of imidazole rings is 1. The van der Waals surface area contributed by atoms with Gasteiger partial charge in [-0.15, -0.1) is 0 Å². The fourth-order valence-electron chi connectivity index (χ4n) is 1.80. The zero-order chi connectivity index (χ0) is 12.9. The Morgan fingerprint density at radius 3 is 2.11 bits per heavy atom. The first-order chi connectivity index (χ1) is 9.42. The summed E-state index contributed by atoms with van der Waals surface area (Å²) in [4.78, 5) is 7.30. The molecule has 2 heteroatoms. The van der Waals surface area contributed by atoms with E-state index in [0.29, 0.717) is 0 Å². The van der Waals surface area contributed by atoms with Crippen LogP contribution in [-0.2, 0) is 0 Å². The number of aromatic nitrogens is 2. The Balaban J connectivity index is 1.82. The second-order valence-corrected chi connectivity index (χ2v) is 4.13. The molecule has 0 aliphatic rings. The molecule has 1 heterocycles. The third-order valence-corrected chi connectivity index (χ3v) is 2.78. The van der Waals surface area contributed by atoms with Crippen molar-refractivity contribution in [2.45, 2.75) is 0 Å². The summed E-state index contributed by atoms with van der Waals surface area (Å²) in [6.45, 7) is 0. The maximum absolute atomic E-state index is 4.22. The lowest BCUT2D eigenvalue weighted by Gasteiger charge is -1.96. The van der Waals surface area contributed by atoms with E-state index in [2.05, 4.69) is 21.8 Å².